The summed E-state index contributed by atoms with van der Waals surface area (Å²) >= 11 is 0. The third-order valence-corrected chi connectivity index (χ3v) is 3.25. The lowest BCUT2D eigenvalue weighted by molar-refractivity contribution is -0.114. The second-order valence-corrected chi connectivity index (χ2v) is 5.08. The van der Waals surface area contributed by atoms with Crippen LogP contribution in [0, 0.1) is 11.6 Å². The Morgan fingerprint density at radius 3 is 2.16 bits per heavy atom. The lowest BCUT2D eigenvalue weighted by Gasteiger charge is -2.11. The van der Waals surface area contributed by atoms with E-state index in [0.29, 0.717) is 0 Å². The molecule has 0 aliphatic carbocycles. The highest BCUT2D eigenvalue weighted by Gasteiger charge is 2.17. The summed E-state index contributed by atoms with van der Waals surface area (Å²) in [5.41, 5.74) is -0.579. The van der Waals surface area contributed by atoms with Crippen molar-refractivity contribution in [3.05, 3.63) is 59.2 Å². The summed E-state index contributed by atoms with van der Waals surface area (Å²) in [5.74, 6) is -3.79. The van der Waals surface area contributed by atoms with Crippen LogP contribution < -0.4 is 16.0 Å². The minimum absolute atomic E-state index is 0.117. The Kier molecular flexibility index (Phi) is 5.43. The zero-order valence-corrected chi connectivity index (χ0v) is 13.4. The van der Waals surface area contributed by atoms with E-state index in [2.05, 4.69) is 10.6 Å². The summed E-state index contributed by atoms with van der Waals surface area (Å²) in [6.07, 6.45) is 0. The molecule has 25 heavy (non-hydrogen) atoms. The Morgan fingerprint density at radius 2 is 1.56 bits per heavy atom. The largest absolute Gasteiger partial charge is 0.355 e. The van der Waals surface area contributed by atoms with Crippen LogP contribution in [0.4, 0.5) is 20.2 Å². The van der Waals surface area contributed by atoms with Gasteiger partial charge in [-0.15, -0.1) is 0 Å². The Hall–Kier alpha value is -3.29. The van der Waals surface area contributed by atoms with Gasteiger partial charge in [0.1, 0.15) is 11.5 Å². The molecule has 0 aliphatic rings. The molecule has 0 saturated carbocycles. The van der Waals surface area contributed by atoms with E-state index in [1.165, 1.54) is 31.3 Å². The Morgan fingerprint density at radius 1 is 0.920 bits per heavy atom. The fraction of sp³-hybridized carbons (Fsp3) is 0.118. The van der Waals surface area contributed by atoms with Gasteiger partial charge in [-0.1, -0.05) is 6.07 Å². The fourth-order valence-electron chi connectivity index (χ4n) is 2.08. The standard InChI is InChI=1S/C17H15F2N3O3/c1-9(23)21-15-12(18)6-7-13(14(15)19)22-17(25)11-5-3-4-10(8-11)16(24)20-2/h3-8H,1-2H3,(H,20,24)(H,21,23)(H,22,25). The molecule has 0 radical (unpaired) electrons. The van der Waals surface area contributed by atoms with Gasteiger partial charge in [-0.3, -0.25) is 14.4 Å². The number of halogens is 2. The fourth-order valence-corrected chi connectivity index (χ4v) is 2.08. The van der Waals surface area contributed by atoms with Crippen molar-refractivity contribution in [3.8, 4) is 0 Å². The maximum atomic E-state index is 14.3. The molecule has 2 rings (SSSR count). The summed E-state index contributed by atoms with van der Waals surface area (Å²) < 4.78 is 27.9. The second-order valence-electron chi connectivity index (χ2n) is 5.08. The van der Waals surface area contributed by atoms with Crippen LogP contribution in [0.2, 0.25) is 0 Å². The van der Waals surface area contributed by atoms with Crippen molar-refractivity contribution in [3.63, 3.8) is 0 Å². The minimum atomic E-state index is -1.11. The molecular formula is C17H15F2N3O3. The Labute approximate surface area is 142 Å². The molecule has 2 aromatic rings. The molecule has 0 fully saturated rings. The van der Waals surface area contributed by atoms with E-state index in [-0.39, 0.29) is 22.7 Å². The number of rotatable bonds is 4. The van der Waals surface area contributed by atoms with Crippen LogP contribution in [-0.2, 0) is 4.79 Å². The number of nitrogens with one attached hydrogen (secondary N) is 3. The smallest absolute Gasteiger partial charge is 0.255 e. The Bertz CT molecular complexity index is 853. The molecule has 0 atom stereocenters. The number of hydrogen-bond acceptors (Lipinski definition) is 3. The summed E-state index contributed by atoms with van der Waals surface area (Å²) in [5, 5.41) is 6.75. The number of anilines is 2. The molecule has 0 aliphatic heterocycles. The van der Waals surface area contributed by atoms with Gasteiger partial charge in [0, 0.05) is 25.1 Å². The summed E-state index contributed by atoms with van der Waals surface area (Å²) in [6.45, 7) is 1.11. The van der Waals surface area contributed by atoms with Gasteiger partial charge >= 0.3 is 0 Å². The van der Waals surface area contributed by atoms with Crippen molar-refractivity contribution in [1.29, 1.82) is 0 Å². The molecule has 2 aromatic carbocycles. The maximum Gasteiger partial charge on any atom is 0.255 e. The topological polar surface area (TPSA) is 87.3 Å². The zero-order valence-electron chi connectivity index (χ0n) is 13.4. The normalized spacial score (nSPS) is 10.1. The second kappa shape index (κ2) is 7.52. The van der Waals surface area contributed by atoms with Gasteiger partial charge in [-0.2, -0.15) is 0 Å². The van der Waals surface area contributed by atoms with E-state index in [0.717, 1.165) is 19.1 Å². The van der Waals surface area contributed by atoms with Crippen molar-refractivity contribution in [2.45, 2.75) is 6.92 Å². The summed E-state index contributed by atoms with van der Waals surface area (Å²) in [7, 11) is 1.45. The van der Waals surface area contributed by atoms with Gasteiger partial charge in [0.05, 0.1) is 5.69 Å². The number of amides is 3. The van der Waals surface area contributed by atoms with E-state index in [9.17, 15) is 23.2 Å². The van der Waals surface area contributed by atoms with Crippen LogP contribution in [0.25, 0.3) is 0 Å². The van der Waals surface area contributed by atoms with Crippen LogP contribution in [0.15, 0.2) is 36.4 Å². The van der Waals surface area contributed by atoms with E-state index < -0.39 is 29.1 Å². The lowest BCUT2D eigenvalue weighted by atomic mass is 10.1. The molecule has 6 nitrogen and oxygen atoms in total. The molecule has 0 aromatic heterocycles. The van der Waals surface area contributed by atoms with Crippen molar-refractivity contribution in [2.75, 3.05) is 17.7 Å². The SMILES string of the molecule is CNC(=O)c1cccc(C(=O)Nc2ccc(F)c(NC(C)=O)c2F)c1. The summed E-state index contributed by atoms with van der Waals surface area (Å²) in [6, 6.07) is 7.76. The first-order chi connectivity index (χ1) is 11.8. The van der Waals surface area contributed by atoms with Crippen LogP contribution in [-0.4, -0.2) is 24.8 Å². The highest BCUT2D eigenvalue weighted by molar-refractivity contribution is 6.06. The van der Waals surface area contributed by atoms with Gasteiger partial charge in [0.15, 0.2) is 5.82 Å². The monoisotopic (exact) mass is 347 g/mol. The molecule has 3 N–H and O–H groups in total. The van der Waals surface area contributed by atoms with Gasteiger partial charge < -0.3 is 16.0 Å². The first-order valence-electron chi connectivity index (χ1n) is 7.22. The number of carbonyl (C=O) groups excluding carboxylic acids is 3. The molecule has 0 saturated heterocycles. The lowest BCUT2D eigenvalue weighted by Crippen LogP contribution is -2.19. The van der Waals surface area contributed by atoms with Crippen LogP contribution >= 0.6 is 0 Å². The van der Waals surface area contributed by atoms with Crippen molar-refractivity contribution in [1.82, 2.24) is 5.32 Å². The minimum Gasteiger partial charge on any atom is -0.355 e. The quantitative estimate of drug-likeness (QED) is 0.794. The maximum absolute atomic E-state index is 14.3. The van der Waals surface area contributed by atoms with Gasteiger partial charge in [-0.25, -0.2) is 8.78 Å². The highest BCUT2D eigenvalue weighted by Crippen LogP contribution is 2.26. The molecule has 0 spiro atoms. The van der Waals surface area contributed by atoms with Crippen LogP contribution in [0.3, 0.4) is 0 Å². The molecule has 0 heterocycles. The van der Waals surface area contributed by atoms with E-state index in [4.69, 9.17) is 0 Å². The molecule has 0 unspecified atom stereocenters. The summed E-state index contributed by atoms with van der Waals surface area (Å²) in [4.78, 5) is 34.9. The van der Waals surface area contributed by atoms with Crippen molar-refractivity contribution >= 4 is 29.1 Å². The number of benzene rings is 2. The number of carbonyl (C=O) groups is 3. The first-order valence-corrected chi connectivity index (χ1v) is 7.22. The average molecular weight is 347 g/mol. The average Bonchev–Trinajstić information content (AvgIpc) is 2.60. The number of hydrogen-bond donors (Lipinski definition) is 3. The van der Waals surface area contributed by atoms with E-state index >= 15 is 0 Å². The third kappa shape index (κ3) is 4.17. The molecule has 0 bridgehead atoms. The molecule has 8 heteroatoms. The Balaban J connectivity index is 2.29. The van der Waals surface area contributed by atoms with Crippen LogP contribution in [0.1, 0.15) is 27.6 Å². The zero-order chi connectivity index (χ0) is 18.6. The molecule has 3 amide bonds. The van der Waals surface area contributed by atoms with E-state index in [1.54, 1.807) is 0 Å². The predicted octanol–water partition coefficient (Wildman–Crippen LogP) is 2.54. The first kappa shape index (κ1) is 18.1. The van der Waals surface area contributed by atoms with Gasteiger partial charge in [0.25, 0.3) is 11.8 Å². The van der Waals surface area contributed by atoms with Gasteiger partial charge in [0.2, 0.25) is 5.91 Å². The van der Waals surface area contributed by atoms with Crippen LogP contribution in [0.5, 0.6) is 0 Å². The highest BCUT2D eigenvalue weighted by atomic mass is 19.1. The van der Waals surface area contributed by atoms with Crippen molar-refractivity contribution in [2.24, 2.45) is 0 Å². The van der Waals surface area contributed by atoms with Gasteiger partial charge in [-0.05, 0) is 30.3 Å². The van der Waals surface area contributed by atoms with Crippen molar-refractivity contribution < 1.29 is 23.2 Å². The molecular weight excluding hydrogens is 332 g/mol. The van der Waals surface area contributed by atoms with E-state index in [1.807, 2.05) is 5.32 Å². The third-order valence-electron chi connectivity index (χ3n) is 3.25. The predicted molar refractivity (Wildman–Crippen MR) is 88.4 cm³/mol. The molecule has 130 valence electrons.